The Morgan fingerprint density at radius 1 is 1.17 bits per heavy atom. The van der Waals surface area contributed by atoms with Crippen LogP contribution in [0.2, 0.25) is 0 Å². The number of esters is 1. The fourth-order valence-electron chi connectivity index (χ4n) is 1.60. The topological polar surface area (TPSA) is 26.3 Å². The zero-order chi connectivity index (χ0) is 12.8. The Morgan fingerprint density at radius 3 is 2.78 bits per heavy atom. The van der Waals surface area contributed by atoms with Crippen molar-refractivity contribution in [2.24, 2.45) is 0 Å². The summed E-state index contributed by atoms with van der Waals surface area (Å²) in [7, 11) is 0. The highest BCUT2D eigenvalue weighted by Gasteiger charge is 1.98. The van der Waals surface area contributed by atoms with E-state index in [1.807, 2.05) is 42.5 Å². The lowest BCUT2D eigenvalue weighted by molar-refractivity contribution is -0.135. The lowest BCUT2D eigenvalue weighted by Gasteiger charge is -1.99. The summed E-state index contributed by atoms with van der Waals surface area (Å²) in [5, 5.41) is 2.10. The summed E-state index contributed by atoms with van der Waals surface area (Å²) in [6.07, 6.45) is 4.98. The molecule has 86 valence electrons. The van der Waals surface area contributed by atoms with Gasteiger partial charge < -0.3 is 4.74 Å². The van der Waals surface area contributed by atoms with Crippen molar-refractivity contribution >= 4 is 16.7 Å². The first kappa shape index (κ1) is 11.8. The minimum absolute atomic E-state index is 0.0525. The first-order valence-electron chi connectivity index (χ1n) is 5.41. The van der Waals surface area contributed by atoms with E-state index in [0.717, 1.165) is 16.3 Å². The molecule has 0 spiro atoms. The highest BCUT2D eigenvalue weighted by Crippen LogP contribution is 2.17. The Balaban J connectivity index is 2.30. The molecule has 2 rings (SSSR count). The van der Waals surface area contributed by atoms with Gasteiger partial charge in [0.2, 0.25) is 0 Å². The molecule has 0 fully saturated rings. The van der Waals surface area contributed by atoms with Gasteiger partial charge in [0.05, 0.1) is 0 Å². The van der Waals surface area contributed by atoms with E-state index in [2.05, 4.69) is 22.5 Å². The molecule has 0 bridgehead atoms. The first-order chi connectivity index (χ1) is 8.81. The third-order valence-electron chi connectivity index (χ3n) is 2.38. The van der Waals surface area contributed by atoms with Crippen molar-refractivity contribution in [3.63, 3.8) is 0 Å². The summed E-state index contributed by atoms with van der Waals surface area (Å²) in [4.78, 5) is 11.2. The van der Waals surface area contributed by atoms with Gasteiger partial charge in [-0.2, -0.15) is 0 Å². The van der Waals surface area contributed by atoms with E-state index >= 15 is 0 Å². The predicted molar refractivity (Wildman–Crippen MR) is 70.6 cm³/mol. The maximum Gasteiger partial charge on any atom is 0.385 e. The maximum absolute atomic E-state index is 11.2. The number of carbonyl (C=O) groups is 1. The fraction of sp³-hybridized carbons (Fsp3) is 0.0625. The summed E-state index contributed by atoms with van der Waals surface area (Å²) >= 11 is 0. The molecule has 2 heteroatoms. The Labute approximate surface area is 106 Å². The molecule has 0 heterocycles. The summed E-state index contributed by atoms with van der Waals surface area (Å²) in [5.74, 6) is 6.83. The quantitative estimate of drug-likeness (QED) is 0.559. The molecule has 0 aliphatic heterocycles. The Morgan fingerprint density at radius 2 is 1.94 bits per heavy atom. The minimum Gasteiger partial charge on any atom is -0.443 e. The standard InChI is InChI=1S/C16H10O2/c1-2-12-18-16(17)11-10-14-8-5-7-13-6-3-4-9-15(13)14/h1,3-9H,12H2. The second-order valence-electron chi connectivity index (χ2n) is 3.56. The Kier molecular flexibility index (Phi) is 3.64. The molecule has 0 N–H and O–H groups in total. The van der Waals surface area contributed by atoms with Crippen LogP contribution in [0.25, 0.3) is 10.8 Å². The van der Waals surface area contributed by atoms with Crippen LogP contribution in [-0.4, -0.2) is 12.6 Å². The predicted octanol–water partition coefficient (Wildman–Crippen LogP) is 2.37. The molecule has 0 aliphatic rings. The van der Waals surface area contributed by atoms with Crippen LogP contribution >= 0.6 is 0 Å². The van der Waals surface area contributed by atoms with Gasteiger partial charge in [0.25, 0.3) is 0 Å². The molecule has 0 amide bonds. The number of rotatable bonds is 1. The van der Waals surface area contributed by atoms with Crippen molar-refractivity contribution in [1.82, 2.24) is 0 Å². The van der Waals surface area contributed by atoms with Crippen molar-refractivity contribution in [2.45, 2.75) is 0 Å². The largest absolute Gasteiger partial charge is 0.443 e. The van der Waals surface area contributed by atoms with Crippen LogP contribution < -0.4 is 0 Å². The van der Waals surface area contributed by atoms with Crippen LogP contribution in [0.5, 0.6) is 0 Å². The fourth-order valence-corrected chi connectivity index (χ4v) is 1.60. The Hall–Kier alpha value is -2.71. The molecule has 0 radical (unpaired) electrons. The second-order valence-corrected chi connectivity index (χ2v) is 3.56. The lowest BCUT2D eigenvalue weighted by Crippen LogP contribution is -2.00. The van der Waals surface area contributed by atoms with Gasteiger partial charge in [0.1, 0.15) is 0 Å². The molecule has 2 aromatic rings. The highest BCUT2D eigenvalue weighted by molar-refractivity contribution is 5.93. The van der Waals surface area contributed by atoms with Gasteiger partial charge in [0.15, 0.2) is 6.61 Å². The van der Waals surface area contributed by atoms with Crippen molar-refractivity contribution in [3.8, 4) is 24.2 Å². The van der Waals surface area contributed by atoms with E-state index in [9.17, 15) is 4.79 Å². The van der Waals surface area contributed by atoms with Crippen molar-refractivity contribution < 1.29 is 9.53 Å². The van der Waals surface area contributed by atoms with Crippen LogP contribution in [0.1, 0.15) is 5.56 Å². The number of fused-ring (bicyclic) bond motifs is 1. The van der Waals surface area contributed by atoms with Gasteiger partial charge in [-0.25, -0.2) is 4.79 Å². The van der Waals surface area contributed by atoms with E-state index < -0.39 is 5.97 Å². The van der Waals surface area contributed by atoms with Crippen LogP contribution in [0.4, 0.5) is 0 Å². The lowest BCUT2D eigenvalue weighted by atomic mass is 10.1. The van der Waals surface area contributed by atoms with E-state index in [-0.39, 0.29) is 6.61 Å². The molecule has 18 heavy (non-hydrogen) atoms. The zero-order valence-corrected chi connectivity index (χ0v) is 9.64. The van der Waals surface area contributed by atoms with Gasteiger partial charge in [-0.3, -0.25) is 0 Å². The summed E-state index contributed by atoms with van der Waals surface area (Å²) in [6, 6.07) is 13.6. The third kappa shape index (κ3) is 2.70. The second kappa shape index (κ2) is 5.57. The number of hydrogen-bond acceptors (Lipinski definition) is 2. The van der Waals surface area contributed by atoms with Crippen molar-refractivity contribution in [1.29, 1.82) is 0 Å². The molecular weight excluding hydrogens is 224 g/mol. The molecule has 0 unspecified atom stereocenters. The van der Waals surface area contributed by atoms with Gasteiger partial charge in [-0.15, -0.1) is 6.42 Å². The number of benzene rings is 2. The van der Waals surface area contributed by atoms with Gasteiger partial charge >= 0.3 is 5.97 Å². The van der Waals surface area contributed by atoms with E-state index in [4.69, 9.17) is 6.42 Å². The van der Waals surface area contributed by atoms with Crippen molar-refractivity contribution in [2.75, 3.05) is 6.61 Å². The average Bonchev–Trinajstić information content (AvgIpc) is 2.42. The molecule has 0 atom stereocenters. The average molecular weight is 234 g/mol. The highest BCUT2D eigenvalue weighted by atomic mass is 16.5. The van der Waals surface area contributed by atoms with Gasteiger partial charge in [0, 0.05) is 11.5 Å². The van der Waals surface area contributed by atoms with Crippen LogP contribution in [0, 0.1) is 24.2 Å². The molecule has 2 aromatic carbocycles. The Bertz CT molecular complexity index is 676. The monoisotopic (exact) mass is 234 g/mol. The third-order valence-corrected chi connectivity index (χ3v) is 2.38. The van der Waals surface area contributed by atoms with Crippen LogP contribution in [-0.2, 0) is 9.53 Å². The summed E-state index contributed by atoms with van der Waals surface area (Å²) < 4.78 is 4.68. The van der Waals surface area contributed by atoms with Gasteiger partial charge in [-0.05, 0) is 16.8 Å². The van der Waals surface area contributed by atoms with E-state index in [1.165, 1.54) is 0 Å². The number of hydrogen-bond donors (Lipinski definition) is 0. The first-order valence-corrected chi connectivity index (χ1v) is 5.41. The molecular formula is C16H10O2. The van der Waals surface area contributed by atoms with Crippen LogP contribution in [0.3, 0.4) is 0 Å². The van der Waals surface area contributed by atoms with Gasteiger partial charge in [-0.1, -0.05) is 48.2 Å². The van der Waals surface area contributed by atoms with Crippen LogP contribution in [0.15, 0.2) is 42.5 Å². The van der Waals surface area contributed by atoms with E-state index in [1.54, 1.807) is 0 Å². The maximum atomic E-state index is 11.2. The molecule has 0 aliphatic carbocycles. The zero-order valence-electron chi connectivity index (χ0n) is 9.64. The summed E-state index contributed by atoms with van der Waals surface area (Å²) in [5.41, 5.74) is 0.797. The number of carbonyl (C=O) groups excluding carboxylic acids is 1. The SMILES string of the molecule is C#CCOC(=O)C#Cc1cccc2ccccc12. The number of terminal acetylenes is 1. The molecule has 2 nitrogen and oxygen atoms in total. The van der Waals surface area contributed by atoms with E-state index in [0.29, 0.717) is 0 Å². The number of ether oxygens (including phenoxy) is 1. The summed E-state index contributed by atoms with van der Waals surface area (Å²) in [6.45, 7) is -0.0525. The molecule has 0 saturated carbocycles. The normalized spacial score (nSPS) is 9.06. The molecule has 0 saturated heterocycles. The van der Waals surface area contributed by atoms with Crippen molar-refractivity contribution in [3.05, 3.63) is 48.0 Å². The smallest absolute Gasteiger partial charge is 0.385 e. The minimum atomic E-state index is -0.610. The molecule has 0 aromatic heterocycles.